The van der Waals surface area contributed by atoms with Gasteiger partial charge in [-0.15, -0.1) is 11.8 Å². The number of benzene rings is 1. The maximum Gasteiger partial charge on any atom is 0.00697 e. The Morgan fingerprint density at radius 2 is 1.82 bits per heavy atom. The number of rotatable bonds is 2. The Kier molecular flexibility index (Phi) is 2.77. The molecule has 0 aliphatic rings. The largest absolute Gasteiger partial charge is 0.130 e. The molecule has 0 aromatic heterocycles. The van der Waals surface area contributed by atoms with Gasteiger partial charge in [0.1, 0.15) is 0 Å². The van der Waals surface area contributed by atoms with Crippen LogP contribution in [0.15, 0.2) is 30.8 Å². The van der Waals surface area contributed by atoms with Crippen LogP contribution < -0.4 is 0 Å². The van der Waals surface area contributed by atoms with Crippen molar-refractivity contribution in [2.75, 3.05) is 6.26 Å². The lowest BCUT2D eigenvalue weighted by Crippen LogP contribution is -1.77. The van der Waals surface area contributed by atoms with Gasteiger partial charge in [-0.05, 0) is 18.7 Å². The van der Waals surface area contributed by atoms with E-state index in [2.05, 4.69) is 37.8 Å². The van der Waals surface area contributed by atoms with Crippen LogP contribution in [0.25, 0.3) is 4.91 Å². The molecule has 0 fully saturated rings. The van der Waals surface area contributed by atoms with E-state index in [4.69, 9.17) is 0 Å². The minimum Gasteiger partial charge on any atom is -0.130 e. The van der Waals surface area contributed by atoms with Crippen LogP contribution >= 0.6 is 11.8 Å². The molecule has 0 N–H and O–H groups in total. The fourth-order valence-corrected chi connectivity index (χ4v) is 1.23. The van der Waals surface area contributed by atoms with Crippen LogP contribution in [0.2, 0.25) is 0 Å². The highest BCUT2D eigenvalue weighted by molar-refractivity contribution is 8.07. The van der Waals surface area contributed by atoms with Crippen LogP contribution in [-0.2, 0) is 0 Å². The standard InChI is InChI=1S/C10H12S/c1-8-4-6-10(7-5-8)9(2)11-3/h4-7H,2H2,1,3H3. The third kappa shape index (κ3) is 2.12. The Hall–Kier alpha value is -0.690. The third-order valence-electron chi connectivity index (χ3n) is 1.62. The smallest absolute Gasteiger partial charge is 0.00697 e. The normalized spacial score (nSPS) is 9.64. The molecule has 0 radical (unpaired) electrons. The molecule has 0 aliphatic heterocycles. The Bertz CT molecular complexity index is 246. The van der Waals surface area contributed by atoms with Gasteiger partial charge in [0.05, 0.1) is 0 Å². The van der Waals surface area contributed by atoms with Crippen molar-refractivity contribution < 1.29 is 0 Å². The highest BCUT2D eigenvalue weighted by Crippen LogP contribution is 2.22. The second-order valence-corrected chi connectivity index (χ2v) is 3.39. The molecule has 0 nitrogen and oxygen atoms in total. The van der Waals surface area contributed by atoms with Crippen molar-refractivity contribution in [2.24, 2.45) is 0 Å². The Morgan fingerprint density at radius 1 is 1.27 bits per heavy atom. The van der Waals surface area contributed by atoms with E-state index in [9.17, 15) is 0 Å². The van der Waals surface area contributed by atoms with E-state index < -0.39 is 0 Å². The lowest BCUT2D eigenvalue weighted by atomic mass is 10.1. The molecule has 0 saturated heterocycles. The highest BCUT2D eigenvalue weighted by atomic mass is 32.2. The molecule has 0 atom stereocenters. The molecule has 1 aromatic rings. The third-order valence-corrected chi connectivity index (χ3v) is 2.35. The fraction of sp³-hybridized carbons (Fsp3) is 0.200. The Labute approximate surface area is 72.3 Å². The Morgan fingerprint density at radius 3 is 2.27 bits per heavy atom. The minimum atomic E-state index is 1.13. The van der Waals surface area contributed by atoms with Crippen molar-refractivity contribution in [3.63, 3.8) is 0 Å². The number of aryl methyl sites for hydroxylation is 1. The van der Waals surface area contributed by atoms with E-state index in [1.165, 1.54) is 11.1 Å². The van der Waals surface area contributed by atoms with E-state index in [-0.39, 0.29) is 0 Å². The summed E-state index contributed by atoms with van der Waals surface area (Å²) in [5.41, 5.74) is 2.52. The van der Waals surface area contributed by atoms with E-state index in [1.807, 2.05) is 6.26 Å². The lowest BCUT2D eigenvalue weighted by Gasteiger charge is -2.01. The minimum absolute atomic E-state index is 1.13. The number of thioether (sulfide) groups is 1. The highest BCUT2D eigenvalue weighted by Gasteiger charge is 1.94. The van der Waals surface area contributed by atoms with Gasteiger partial charge in [0.15, 0.2) is 0 Å². The zero-order chi connectivity index (χ0) is 8.27. The van der Waals surface area contributed by atoms with Gasteiger partial charge >= 0.3 is 0 Å². The van der Waals surface area contributed by atoms with Gasteiger partial charge < -0.3 is 0 Å². The molecule has 1 aromatic carbocycles. The summed E-state index contributed by atoms with van der Waals surface area (Å²) in [5.74, 6) is 0. The molecule has 1 heteroatoms. The van der Waals surface area contributed by atoms with Crippen molar-refractivity contribution in [3.8, 4) is 0 Å². The zero-order valence-electron chi connectivity index (χ0n) is 6.92. The quantitative estimate of drug-likeness (QED) is 0.646. The van der Waals surface area contributed by atoms with Crippen LogP contribution in [0.3, 0.4) is 0 Å². The topological polar surface area (TPSA) is 0 Å². The van der Waals surface area contributed by atoms with Crippen molar-refractivity contribution in [1.29, 1.82) is 0 Å². The monoisotopic (exact) mass is 164 g/mol. The lowest BCUT2D eigenvalue weighted by molar-refractivity contribution is 1.46. The molecule has 58 valence electrons. The molecule has 0 bridgehead atoms. The molecule has 0 heterocycles. The van der Waals surface area contributed by atoms with Gasteiger partial charge in [0.2, 0.25) is 0 Å². The van der Waals surface area contributed by atoms with Gasteiger partial charge in [-0.25, -0.2) is 0 Å². The average molecular weight is 164 g/mol. The molecule has 0 saturated carbocycles. The maximum atomic E-state index is 3.94. The molecule has 0 spiro atoms. The van der Waals surface area contributed by atoms with Gasteiger partial charge in [-0.3, -0.25) is 0 Å². The van der Waals surface area contributed by atoms with Crippen LogP contribution in [0, 0.1) is 6.92 Å². The summed E-state index contributed by atoms with van der Waals surface area (Å²) >= 11 is 1.69. The van der Waals surface area contributed by atoms with Gasteiger partial charge in [0, 0.05) is 4.91 Å². The van der Waals surface area contributed by atoms with Crippen LogP contribution in [0.4, 0.5) is 0 Å². The summed E-state index contributed by atoms with van der Waals surface area (Å²) in [4.78, 5) is 1.13. The van der Waals surface area contributed by atoms with Crippen molar-refractivity contribution in [2.45, 2.75) is 6.92 Å². The molecule has 11 heavy (non-hydrogen) atoms. The van der Waals surface area contributed by atoms with E-state index in [0.29, 0.717) is 0 Å². The van der Waals surface area contributed by atoms with E-state index >= 15 is 0 Å². The van der Waals surface area contributed by atoms with Crippen LogP contribution in [0.5, 0.6) is 0 Å². The molecule has 1 rings (SSSR count). The van der Waals surface area contributed by atoms with Crippen molar-refractivity contribution in [1.82, 2.24) is 0 Å². The predicted octanol–water partition coefficient (Wildman–Crippen LogP) is 3.33. The summed E-state index contributed by atoms with van der Waals surface area (Å²) in [5, 5.41) is 0. The summed E-state index contributed by atoms with van der Waals surface area (Å²) in [6, 6.07) is 8.43. The Balaban J connectivity index is 2.90. The molecular weight excluding hydrogens is 152 g/mol. The predicted molar refractivity (Wildman–Crippen MR) is 53.7 cm³/mol. The van der Waals surface area contributed by atoms with E-state index in [1.54, 1.807) is 11.8 Å². The van der Waals surface area contributed by atoms with Gasteiger partial charge in [0.25, 0.3) is 0 Å². The first-order chi connectivity index (χ1) is 5.24. The van der Waals surface area contributed by atoms with E-state index in [0.717, 1.165) is 4.91 Å². The molecule has 0 aliphatic carbocycles. The molecule has 0 amide bonds. The summed E-state index contributed by atoms with van der Waals surface area (Å²) in [6.07, 6.45) is 2.04. The summed E-state index contributed by atoms with van der Waals surface area (Å²) in [6.45, 7) is 6.02. The van der Waals surface area contributed by atoms with Crippen LogP contribution in [-0.4, -0.2) is 6.26 Å². The van der Waals surface area contributed by atoms with Gasteiger partial charge in [-0.2, -0.15) is 0 Å². The first kappa shape index (κ1) is 8.41. The van der Waals surface area contributed by atoms with Gasteiger partial charge in [-0.1, -0.05) is 36.4 Å². The second-order valence-electron chi connectivity index (χ2n) is 2.49. The maximum absolute atomic E-state index is 3.94. The van der Waals surface area contributed by atoms with Crippen molar-refractivity contribution in [3.05, 3.63) is 42.0 Å². The number of hydrogen-bond acceptors (Lipinski definition) is 1. The first-order valence-corrected chi connectivity index (χ1v) is 4.76. The SMILES string of the molecule is C=C(SC)c1ccc(C)cc1. The average Bonchev–Trinajstić information content (AvgIpc) is 2.05. The van der Waals surface area contributed by atoms with Crippen LogP contribution in [0.1, 0.15) is 11.1 Å². The summed E-state index contributed by atoms with van der Waals surface area (Å²) < 4.78 is 0. The van der Waals surface area contributed by atoms with Crippen molar-refractivity contribution >= 4 is 16.7 Å². The molecular formula is C10H12S. The first-order valence-electron chi connectivity index (χ1n) is 3.54. The second kappa shape index (κ2) is 3.63. The number of hydrogen-bond donors (Lipinski definition) is 0. The molecule has 0 unspecified atom stereocenters. The zero-order valence-corrected chi connectivity index (χ0v) is 7.74. The fourth-order valence-electron chi connectivity index (χ4n) is 0.857. The summed E-state index contributed by atoms with van der Waals surface area (Å²) in [7, 11) is 0.